The van der Waals surface area contributed by atoms with Gasteiger partial charge in [0.25, 0.3) is 5.91 Å². The van der Waals surface area contributed by atoms with E-state index < -0.39 is 5.97 Å². The highest BCUT2D eigenvalue weighted by molar-refractivity contribution is 6.03. The van der Waals surface area contributed by atoms with E-state index >= 15 is 0 Å². The number of ether oxygens (including phenoxy) is 1. The standard InChI is InChI=1S/C18H18N2O3/c1-13(2)23-18(22)16(12-14-8-10-19-11-9-14)20-17(21)15-6-4-3-5-7-15/h3-13H,1-2H3,(H,20,21). The number of benzene rings is 1. The molecule has 5 heteroatoms. The molecule has 0 radical (unpaired) electrons. The Morgan fingerprint density at radius 2 is 1.74 bits per heavy atom. The van der Waals surface area contributed by atoms with Crippen molar-refractivity contribution in [2.75, 3.05) is 0 Å². The van der Waals surface area contributed by atoms with Gasteiger partial charge >= 0.3 is 5.97 Å². The summed E-state index contributed by atoms with van der Waals surface area (Å²) in [6, 6.07) is 12.1. The highest BCUT2D eigenvalue weighted by Crippen LogP contribution is 2.08. The number of esters is 1. The molecule has 0 unspecified atom stereocenters. The van der Waals surface area contributed by atoms with Crippen LogP contribution in [0.5, 0.6) is 0 Å². The molecule has 1 N–H and O–H groups in total. The number of carbonyl (C=O) groups is 2. The largest absolute Gasteiger partial charge is 0.458 e. The zero-order valence-electron chi connectivity index (χ0n) is 13.0. The quantitative estimate of drug-likeness (QED) is 0.681. The molecule has 0 aliphatic heterocycles. The van der Waals surface area contributed by atoms with Crippen LogP contribution >= 0.6 is 0 Å². The molecular weight excluding hydrogens is 292 g/mol. The summed E-state index contributed by atoms with van der Waals surface area (Å²) in [5, 5.41) is 2.61. The smallest absolute Gasteiger partial charge is 0.355 e. The fraction of sp³-hybridized carbons (Fsp3) is 0.167. The summed E-state index contributed by atoms with van der Waals surface area (Å²) >= 11 is 0. The second-order valence-electron chi connectivity index (χ2n) is 5.11. The van der Waals surface area contributed by atoms with Crippen molar-refractivity contribution in [3.8, 4) is 0 Å². The summed E-state index contributed by atoms with van der Waals surface area (Å²) in [6.45, 7) is 3.50. The summed E-state index contributed by atoms with van der Waals surface area (Å²) < 4.78 is 5.18. The average molecular weight is 310 g/mol. The molecule has 5 nitrogen and oxygen atoms in total. The minimum absolute atomic E-state index is 0.0822. The van der Waals surface area contributed by atoms with Crippen LogP contribution in [0.25, 0.3) is 6.08 Å². The van der Waals surface area contributed by atoms with Crippen molar-refractivity contribution in [2.45, 2.75) is 20.0 Å². The van der Waals surface area contributed by atoms with Crippen LogP contribution in [0.4, 0.5) is 0 Å². The first-order chi connectivity index (χ1) is 11.1. The molecule has 0 fully saturated rings. The monoisotopic (exact) mass is 310 g/mol. The van der Waals surface area contributed by atoms with Gasteiger partial charge in [0, 0.05) is 18.0 Å². The first-order valence-electron chi connectivity index (χ1n) is 7.25. The van der Waals surface area contributed by atoms with Gasteiger partial charge in [-0.05, 0) is 49.8 Å². The summed E-state index contributed by atoms with van der Waals surface area (Å²) in [4.78, 5) is 28.4. The lowest BCUT2D eigenvalue weighted by Gasteiger charge is -2.12. The third-order valence-corrected chi connectivity index (χ3v) is 2.86. The van der Waals surface area contributed by atoms with Gasteiger partial charge in [-0.25, -0.2) is 4.79 Å². The second-order valence-corrected chi connectivity index (χ2v) is 5.11. The number of amides is 1. The SMILES string of the molecule is CC(C)OC(=O)C(=Cc1ccncc1)NC(=O)c1ccccc1. The molecule has 1 heterocycles. The van der Waals surface area contributed by atoms with Crippen LogP contribution in [0.2, 0.25) is 0 Å². The van der Waals surface area contributed by atoms with Crippen LogP contribution in [0, 0.1) is 0 Å². The number of rotatable bonds is 5. The topological polar surface area (TPSA) is 68.3 Å². The van der Waals surface area contributed by atoms with Gasteiger partial charge in [0.2, 0.25) is 0 Å². The lowest BCUT2D eigenvalue weighted by atomic mass is 10.2. The fourth-order valence-electron chi connectivity index (χ4n) is 1.83. The van der Waals surface area contributed by atoms with E-state index in [4.69, 9.17) is 4.74 Å². The zero-order valence-corrected chi connectivity index (χ0v) is 13.0. The van der Waals surface area contributed by atoms with Gasteiger partial charge in [-0.3, -0.25) is 9.78 Å². The lowest BCUT2D eigenvalue weighted by Crippen LogP contribution is -2.29. The van der Waals surface area contributed by atoms with Crippen molar-refractivity contribution in [2.24, 2.45) is 0 Å². The molecule has 2 aromatic rings. The van der Waals surface area contributed by atoms with Gasteiger partial charge in [-0.15, -0.1) is 0 Å². The van der Waals surface area contributed by atoms with Crippen LogP contribution in [0.15, 0.2) is 60.6 Å². The van der Waals surface area contributed by atoms with Gasteiger partial charge in [-0.2, -0.15) is 0 Å². The van der Waals surface area contributed by atoms with Crippen molar-refractivity contribution >= 4 is 18.0 Å². The first-order valence-corrected chi connectivity index (χ1v) is 7.25. The Kier molecular flexibility index (Phi) is 5.63. The summed E-state index contributed by atoms with van der Waals surface area (Å²) in [5.41, 5.74) is 1.29. The third-order valence-electron chi connectivity index (χ3n) is 2.86. The maximum Gasteiger partial charge on any atom is 0.355 e. The highest BCUT2D eigenvalue weighted by Gasteiger charge is 2.16. The zero-order chi connectivity index (χ0) is 16.7. The molecule has 0 saturated carbocycles. The normalized spacial score (nSPS) is 11.2. The van der Waals surface area contributed by atoms with Gasteiger partial charge < -0.3 is 10.1 Å². The van der Waals surface area contributed by atoms with Gasteiger partial charge in [0.05, 0.1) is 6.10 Å². The number of nitrogens with one attached hydrogen (secondary N) is 1. The van der Waals surface area contributed by atoms with Gasteiger partial charge in [0.15, 0.2) is 0 Å². The molecule has 0 aliphatic rings. The van der Waals surface area contributed by atoms with Crippen molar-refractivity contribution < 1.29 is 14.3 Å². The van der Waals surface area contributed by atoms with E-state index in [1.54, 1.807) is 68.7 Å². The number of nitrogens with zero attached hydrogens (tertiary/aromatic N) is 1. The van der Waals surface area contributed by atoms with E-state index in [1.165, 1.54) is 0 Å². The van der Waals surface area contributed by atoms with E-state index in [0.717, 1.165) is 5.56 Å². The molecule has 1 amide bonds. The molecule has 23 heavy (non-hydrogen) atoms. The number of hydrogen-bond donors (Lipinski definition) is 1. The number of hydrogen-bond acceptors (Lipinski definition) is 4. The Morgan fingerprint density at radius 1 is 1.09 bits per heavy atom. The minimum atomic E-state index is -0.582. The molecule has 2 rings (SSSR count). The Morgan fingerprint density at radius 3 is 2.35 bits per heavy atom. The first kappa shape index (κ1) is 16.4. The summed E-state index contributed by atoms with van der Waals surface area (Å²) in [7, 11) is 0. The van der Waals surface area contributed by atoms with Crippen molar-refractivity contribution in [3.63, 3.8) is 0 Å². The lowest BCUT2D eigenvalue weighted by molar-refractivity contribution is -0.142. The molecule has 0 spiro atoms. The maximum atomic E-state index is 12.3. The van der Waals surface area contributed by atoms with Crippen LogP contribution in [0.1, 0.15) is 29.8 Å². The van der Waals surface area contributed by atoms with Crippen LogP contribution in [-0.2, 0) is 9.53 Å². The number of pyridine rings is 1. The number of aromatic nitrogens is 1. The van der Waals surface area contributed by atoms with Crippen molar-refractivity contribution in [3.05, 3.63) is 71.7 Å². The highest BCUT2D eigenvalue weighted by atomic mass is 16.5. The predicted octanol–water partition coefficient (Wildman–Crippen LogP) is 2.80. The van der Waals surface area contributed by atoms with Gasteiger partial charge in [0.1, 0.15) is 5.70 Å². The second kappa shape index (κ2) is 7.89. The molecule has 1 aromatic carbocycles. The summed E-state index contributed by atoms with van der Waals surface area (Å²) in [6.07, 6.45) is 4.50. The molecule has 0 bridgehead atoms. The molecule has 0 atom stereocenters. The van der Waals surface area contributed by atoms with Crippen LogP contribution < -0.4 is 5.32 Å². The van der Waals surface area contributed by atoms with E-state index in [9.17, 15) is 9.59 Å². The van der Waals surface area contributed by atoms with E-state index in [2.05, 4.69) is 10.3 Å². The maximum absolute atomic E-state index is 12.3. The Balaban J connectivity index is 2.25. The molecular formula is C18H18N2O3. The predicted molar refractivity (Wildman–Crippen MR) is 87.4 cm³/mol. The average Bonchev–Trinajstić information content (AvgIpc) is 2.55. The van der Waals surface area contributed by atoms with E-state index in [-0.39, 0.29) is 17.7 Å². The molecule has 0 aliphatic carbocycles. The Labute approximate surface area is 135 Å². The van der Waals surface area contributed by atoms with Crippen LogP contribution in [-0.4, -0.2) is 23.0 Å². The van der Waals surface area contributed by atoms with Crippen LogP contribution in [0.3, 0.4) is 0 Å². The van der Waals surface area contributed by atoms with Crippen molar-refractivity contribution in [1.82, 2.24) is 10.3 Å². The van der Waals surface area contributed by atoms with Crippen molar-refractivity contribution in [1.29, 1.82) is 0 Å². The summed E-state index contributed by atoms with van der Waals surface area (Å²) in [5.74, 6) is -0.951. The Hall–Kier alpha value is -2.95. The Bertz CT molecular complexity index is 695. The van der Waals surface area contributed by atoms with Gasteiger partial charge in [-0.1, -0.05) is 18.2 Å². The molecule has 0 saturated heterocycles. The fourth-order valence-corrected chi connectivity index (χ4v) is 1.83. The molecule has 118 valence electrons. The van der Waals surface area contributed by atoms with E-state index in [0.29, 0.717) is 5.56 Å². The molecule has 1 aromatic heterocycles. The third kappa shape index (κ3) is 5.07. The van der Waals surface area contributed by atoms with E-state index in [1.807, 2.05) is 6.07 Å². The number of carbonyl (C=O) groups excluding carboxylic acids is 2. The minimum Gasteiger partial charge on any atom is -0.458 e.